The first-order valence-corrected chi connectivity index (χ1v) is 6.58. The SMILES string of the molecule is CC(C)Oc1ccc(CC2(C)CCCN2)cc1. The third kappa shape index (κ3) is 3.47. The molecule has 0 aromatic heterocycles. The first-order valence-electron chi connectivity index (χ1n) is 6.58. The Balaban J connectivity index is 1.98. The topological polar surface area (TPSA) is 21.3 Å². The van der Waals surface area contributed by atoms with E-state index in [9.17, 15) is 0 Å². The second-order valence-corrected chi connectivity index (χ2v) is 5.58. The highest BCUT2D eigenvalue weighted by Gasteiger charge is 2.27. The number of benzene rings is 1. The van der Waals surface area contributed by atoms with E-state index in [1.54, 1.807) is 0 Å². The van der Waals surface area contributed by atoms with Crippen LogP contribution in [0.25, 0.3) is 0 Å². The van der Waals surface area contributed by atoms with E-state index >= 15 is 0 Å². The Kier molecular flexibility index (Phi) is 3.72. The molecule has 2 heteroatoms. The molecule has 94 valence electrons. The summed E-state index contributed by atoms with van der Waals surface area (Å²) in [5.74, 6) is 0.966. The zero-order valence-electron chi connectivity index (χ0n) is 11.1. The molecular formula is C15H23NO. The van der Waals surface area contributed by atoms with Crippen LogP contribution in [-0.2, 0) is 6.42 Å². The molecular weight excluding hydrogens is 210 g/mol. The van der Waals surface area contributed by atoms with Gasteiger partial charge in [0, 0.05) is 5.54 Å². The molecule has 1 N–H and O–H groups in total. The van der Waals surface area contributed by atoms with Crippen molar-refractivity contribution in [1.29, 1.82) is 0 Å². The van der Waals surface area contributed by atoms with Crippen molar-refractivity contribution in [3.63, 3.8) is 0 Å². The molecule has 0 spiro atoms. The molecule has 1 unspecified atom stereocenters. The molecule has 0 bridgehead atoms. The van der Waals surface area contributed by atoms with Crippen LogP contribution in [0.3, 0.4) is 0 Å². The number of ether oxygens (including phenoxy) is 1. The molecule has 1 aromatic carbocycles. The van der Waals surface area contributed by atoms with E-state index in [2.05, 4.69) is 50.4 Å². The Hall–Kier alpha value is -1.02. The average Bonchev–Trinajstić information content (AvgIpc) is 2.67. The van der Waals surface area contributed by atoms with E-state index in [0.29, 0.717) is 5.54 Å². The molecule has 0 radical (unpaired) electrons. The first-order chi connectivity index (χ1) is 8.07. The van der Waals surface area contributed by atoms with Gasteiger partial charge in [0.15, 0.2) is 0 Å². The van der Waals surface area contributed by atoms with Crippen LogP contribution in [0.15, 0.2) is 24.3 Å². The van der Waals surface area contributed by atoms with Crippen LogP contribution in [-0.4, -0.2) is 18.2 Å². The minimum Gasteiger partial charge on any atom is -0.491 e. The first kappa shape index (κ1) is 12.4. The minimum atomic E-state index is 0.245. The zero-order chi connectivity index (χ0) is 12.3. The molecule has 2 nitrogen and oxygen atoms in total. The van der Waals surface area contributed by atoms with Gasteiger partial charge in [0.25, 0.3) is 0 Å². The summed E-state index contributed by atoms with van der Waals surface area (Å²) >= 11 is 0. The second kappa shape index (κ2) is 5.09. The van der Waals surface area contributed by atoms with Gasteiger partial charge in [-0.05, 0) is 64.3 Å². The van der Waals surface area contributed by atoms with Gasteiger partial charge < -0.3 is 10.1 Å². The van der Waals surface area contributed by atoms with Gasteiger partial charge >= 0.3 is 0 Å². The largest absolute Gasteiger partial charge is 0.491 e. The number of rotatable bonds is 4. The number of nitrogens with one attached hydrogen (secondary N) is 1. The summed E-state index contributed by atoms with van der Waals surface area (Å²) in [5, 5.41) is 3.60. The highest BCUT2D eigenvalue weighted by Crippen LogP contribution is 2.24. The molecule has 17 heavy (non-hydrogen) atoms. The van der Waals surface area contributed by atoms with Crippen LogP contribution in [0, 0.1) is 0 Å². The normalized spacial score (nSPS) is 24.2. The quantitative estimate of drug-likeness (QED) is 0.862. The Bertz CT molecular complexity index is 350. The van der Waals surface area contributed by atoms with Crippen LogP contribution >= 0.6 is 0 Å². The van der Waals surface area contributed by atoms with Gasteiger partial charge in [-0.15, -0.1) is 0 Å². The van der Waals surface area contributed by atoms with Gasteiger partial charge in [-0.25, -0.2) is 0 Å². The lowest BCUT2D eigenvalue weighted by Gasteiger charge is -2.24. The molecule has 0 aliphatic carbocycles. The van der Waals surface area contributed by atoms with Crippen molar-refractivity contribution in [2.24, 2.45) is 0 Å². The van der Waals surface area contributed by atoms with Gasteiger partial charge in [0.1, 0.15) is 5.75 Å². The molecule has 0 amide bonds. The van der Waals surface area contributed by atoms with Crippen molar-refractivity contribution in [3.05, 3.63) is 29.8 Å². The average molecular weight is 233 g/mol. The van der Waals surface area contributed by atoms with E-state index < -0.39 is 0 Å². The van der Waals surface area contributed by atoms with Crippen molar-refractivity contribution in [3.8, 4) is 5.75 Å². The lowest BCUT2D eigenvalue weighted by atomic mass is 9.91. The molecule has 1 aromatic rings. The van der Waals surface area contributed by atoms with Crippen molar-refractivity contribution < 1.29 is 4.74 Å². The third-order valence-electron chi connectivity index (χ3n) is 3.35. The van der Waals surface area contributed by atoms with Crippen LogP contribution in [0.2, 0.25) is 0 Å². The van der Waals surface area contributed by atoms with Crippen molar-refractivity contribution in [2.75, 3.05) is 6.54 Å². The number of hydrogen-bond acceptors (Lipinski definition) is 2. The fourth-order valence-corrected chi connectivity index (χ4v) is 2.52. The summed E-state index contributed by atoms with van der Waals surface area (Å²) in [7, 11) is 0. The summed E-state index contributed by atoms with van der Waals surface area (Å²) in [6.45, 7) is 7.58. The predicted molar refractivity (Wildman–Crippen MR) is 71.6 cm³/mol. The van der Waals surface area contributed by atoms with E-state index in [1.165, 1.54) is 18.4 Å². The molecule has 0 saturated carbocycles. The van der Waals surface area contributed by atoms with Crippen LogP contribution in [0.4, 0.5) is 0 Å². The van der Waals surface area contributed by atoms with Crippen LogP contribution < -0.4 is 10.1 Å². The molecule has 1 heterocycles. The summed E-state index contributed by atoms with van der Waals surface area (Å²) in [6, 6.07) is 8.52. The summed E-state index contributed by atoms with van der Waals surface area (Å²) < 4.78 is 5.65. The van der Waals surface area contributed by atoms with Crippen molar-refractivity contribution in [1.82, 2.24) is 5.32 Å². The van der Waals surface area contributed by atoms with Crippen molar-refractivity contribution in [2.45, 2.75) is 51.7 Å². The lowest BCUT2D eigenvalue weighted by Crippen LogP contribution is -2.38. The van der Waals surface area contributed by atoms with Gasteiger partial charge in [0.2, 0.25) is 0 Å². The van der Waals surface area contributed by atoms with Crippen LogP contribution in [0.1, 0.15) is 39.2 Å². The Morgan fingerprint density at radius 2 is 2.00 bits per heavy atom. The fourth-order valence-electron chi connectivity index (χ4n) is 2.52. The van der Waals surface area contributed by atoms with Gasteiger partial charge in [0.05, 0.1) is 6.10 Å². The Morgan fingerprint density at radius 1 is 1.29 bits per heavy atom. The number of hydrogen-bond donors (Lipinski definition) is 1. The lowest BCUT2D eigenvalue weighted by molar-refractivity contribution is 0.242. The predicted octanol–water partition coefficient (Wildman–Crippen LogP) is 3.16. The molecule has 1 saturated heterocycles. The maximum Gasteiger partial charge on any atom is 0.119 e. The molecule has 1 aliphatic rings. The fraction of sp³-hybridized carbons (Fsp3) is 0.600. The third-order valence-corrected chi connectivity index (χ3v) is 3.35. The standard InChI is InChI=1S/C15H23NO/c1-12(2)17-14-7-5-13(6-8-14)11-15(3)9-4-10-16-15/h5-8,12,16H,4,9-11H2,1-3H3. The monoisotopic (exact) mass is 233 g/mol. The summed E-state index contributed by atoms with van der Waals surface area (Å²) in [4.78, 5) is 0. The second-order valence-electron chi connectivity index (χ2n) is 5.58. The zero-order valence-corrected chi connectivity index (χ0v) is 11.1. The van der Waals surface area contributed by atoms with E-state index in [1.807, 2.05) is 0 Å². The maximum absolute atomic E-state index is 5.65. The van der Waals surface area contributed by atoms with Crippen molar-refractivity contribution >= 4 is 0 Å². The van der Waals surface area contributed by atoms with E-state index in [0.717, 1.165) is 18.7 Å². The Morgan fingerprint density at radius 3 is 2.53 bits per heavy atom. The van der Waals surface area contributed by atoms with Crippen LogP contribution in [0.5, 0.6) is 5.75 Å². The van der Waals surface area contributed by atoms with Gasteiger partial charge in [-0.3, -0.25) is 0 Å². The van der Waals surface area contributed by atoms with E-state index in [-0.39, 0.29) is 6.10 Å². The summed E-state index contributed by atoms with van der Waals surface area (Å²) in [6.07, 6.45) is 3.92. The van der Waals surface area contributed by atoms with E-state index in [4.69, 9.17) is 4.74 Å². The minimum absolute atomic E-state index is 0.245. The maximum atomic E-state index is 5.65. The molecule has 1 atom stereocenters. The molecule has 1 aliphatic heterocycles. The molecule has 1 fully saturated rings. The Labute approximate surface area is 104 Å². The smallest absolute Gasteiger partial charge is 0.119 e. The van der Waals surface area contributed by atoms with Gasteiger partial charge in [-0.1, -0.05) is 12.1 Å². The highest BCUT2D eigenvalue weighted by molar-refractivity contribution is 5.28. The van der Waals surface area contributed by atoms with Gasteiger partial charge in [-0.2, -0.15) is 0 Å². The summed E-state index contributed by atoms with van der Waals surface area (Å²) in [5.41, 5.74) is 1.68. The highest BCUT2D eigenvalue weighted by atomic mass is 16.5. The molecule has 2 rings (SSSR count).